The van der Waals surface area contributed by atoms with Crippen molar-refractivity contribution in [2.75, 3.05) is 18.0 Å². The Kier molecular flexibility index (Phi) is 6.26. The summed E-state index contributed by atoms with van der Waals surface area (Å²) in [4.78, 5) is 19.1. The number of phenolic OH excluding ortho intramolecular Hbond substituents is 1. The van der Waals surface area contributed by atoms with Gasteiger partial charge in [-0.3, -0.25) is 4.79 Å². The Bertz CT molecular complexity index is 1470. The molecule has 2 N–H and O–H groups in total. The van der Waals surface area contributed by atoms with Crippen LogP contribution in [0, 0.1) is 5.82 Å². The molecule has 1 fully saturated rings. The highest BCUT2D eigenvalue weighted by Crippen LogP contribution is 2.29. The smallest absolute Gasteiger partial charge is 0.255 e. The number of fused-ring (bicyclic) bond motifs is 2. The normalized spacial score (nSPS) is 15.1. The van der Waals surface area contributed by atoms with Gasteiger partial charge in [0.15, 0.2) is 5.65 Å². The van der Waals surface area contributed by atoms with Gasteiger partial charge in [0, 0.05) is 36.9 Å². The zero-order chi connectivity index (χ0) is 24.2. The van der Waals surface area contributed by atoms with Crippen LogP contribution in [-0.4, -0.2) is 44.7 Å². The number of phenols is 1. The van der Waals surface area contributed by atoms with Crippen LogP contribution in [0.15, 0.2) is 91.3 Å². The molecule has 1 atom stereocenters. The summed E-state index contributed by atoms with van der Waals surface area (Å²) in [5, 5.41) is 19.7. The fourth-order valence-electron chi connectivity index (χ4n) is 4.18. The molecule has 1 amide bonds. The molecular weight excluding hydrogens is 445 g/mol. The fourth-order valence-corrected chi connectivity index (χ4v) is 4.18. The summed E-state index contributed by atoms with van der Waals surface area (Å²) in [6.07, 6.45) is 4.36. The zero-order valence-corrected chi connectivity index (χ0v) is 18.9. The van der Waals surface area contributed by atoms with Gasteiger partial charge >= 0.3 is 0 Å². The number of benzene rings is 3. The van der Waals surface area contributed by atoms with Crippen molar-refractivity contribution in [2.45, 2.75) is 12.5 Å². The van der Waals surface area contributed by atoms with Crippen molar-refractivity contribution >= 4 is 28.1 Å². The number of rotatable bonds is 3. The molecule has 2 aromatic heterocycles. The third-order valence-electron chi connectivity index (χ3n) is 5.97. The third kappa shape index (κ3) is 4.91. The number of imidazole rings is 1. The van der Waals surface area contributed by atoms with E-state index in [9.17, 15) is 14.3 Å². The zero-order valence-electron chi connectivity index (χ0n) is 18.9. The molecule has 3 heterocycles. The lowest BCUT2D eigenvalue weighted by Crippen LogP contribution is -2.37. The molecule has 8 heteroatoms. The summed E-state index contributed by atoms with van der Waals surface area (Å²) < 4.78 is 13.7. The molecule has 35 heavy (non-hydrogen) atoms. The second kappa shape index (κ2) is 9.80. The van der Waals surface area contributed by atoms with E-state index in [0.717, 1.165) is 29.8 Å². The summed E-state index contributed by atoms with van der Waals surface area (Å²) in [5.41, 5.74) is 1.11. The highest BCUT2D eigenvalue weighted by molar-refractivity contribution is 6.03. The van der Waals surface area contributed by atoms with Gasteiger partial charge in [0.05, 0.1) is 5.56 Å². The highest BCUT2D eigenvalue weighted by Gasteiger charge is 2.26. The molecule has 3 aromatic carbocycles. The van der Waals surface area contributed by atoms with Gasteiger partial charge < -0.3 is 15.3 Å². The lowest BCUT2D eigenvalue weighted by Gasteiger charge is -2.18. The molecule has 0 aliphatic carbocycles. The summed E-state index contributed by atoms with van der Waals surface area (Å²) in [5.74, 6) is 0.448. The molecule has 176 valence electrons. The van der Waals surface area contributed by atoms with Crippen LogP contribution in [0.5, 0.6) is 5.75 Å². The largest absolute Gasteiger partial charge is 0.506 e. The van der Waals surface area contributed by atoms with Gasteiger partial charge in [0.2, 0.25) is 0 Å². The molecular formula is C27H24FN5O2. The standard InChI is InChI=1S/C21H19N5O2.C6H5F/c27-20-16-4-2-1-3-14(16)5-6-17(20)21(28)23-15-9-11-25(13-15)19-8-7-18-22-10-12-26(18)24-19;7-6-4-2-1-3-5-6/h1-8,10,12,15,27H,9,11,13H2,(H,23,28);1-5H/t15-;/m0./s1. The van der Waals surface area contributed by atoms with Gasteiger partial charge in [-0.2, -0.15) is 0 Å². The molecule has 0 spiro atoms. The minimum absolute atomic E-state index is 0.00125. The van der Waals surface area contributed by atoms with E-state index in [2.05, 4.69) is 20.3 Å². The monoisotopic (exact) mass is 469 g/mol. The fraction of sp³-hybridized carbons (Fsp3) is 0.148. The van der Waals surface area contributed by atoms with E-state index in [-0.39, 0.29) is 23.5 Å². The third-order valence-corrected chi connectivity index (χ3v) is 5.97. The average molecular weight is 470 g/mol. The minimum atomic E-state index is -0.256. The molecule has 5 aromatic rings. The van der Waals surface area contributed by atoms with Crippen LogP contribution in [0.3, 0.4) is 0 Å². The molecule has 1 aliphatic heterocycles. The van der Waals surface area contributed by atoms with E-state index >= 15 is 0 Å². The first-order chi connectivity index (χ1) is 17.1. The van der Waals surface area contributed by atoms with E-state index in [4.69, 9.17) is 0 Å². The van der Waals surface area contributed by atoms with Crippen molar-refractivity contribution in [3.05, 3.63) is 103 Å². The number of carbonyl (C=O) groups is 1. The predicted molar refractivity (Wildman–Crippen MR) is 133 cm³/mol. The van der Waals surface area contributed by atoms with Crippen LogP contribution in [0.1, 0.15) is 16.8 Å². The van der Waals surface area contributed by atoms with E-state index in [1.807, 2.05) is 48.7 Å². The number of anilines is 1. The number of nitrogens with zero attached hydrogens (tertiary/aromatic N) is 4. The molecule has 1 saturated heterocycles. The average Bonchev–Trinajstić information content (AvgIpc) is 3.54. The minimum Gasteiger partial charge on any atom is -0.506 e. The number of amides is 1. The van der Waals surface area contributed by atoms with Crippen molar-refractivity contribution in [1.82, 2.24) is 19.9 Å². The van der Waals surface area contributed by atoms with Crippen molar-refractivity contribution in [3.63, 3.8) is 0 Å². The molecule has 0 bridgehead atoms. The Morgan fingerprint density at radius 3 is 2.60 bits per heavy atom. The maximum absolute atomic E-state index is 12.7. The molecule has 0 unspecified atom stereocenters. The second-order valence-electron chi connectivity index (χ2n) is 8.31. The second-order valence-corrected chi connectivity index (χ2v) is 8.31. The Hall–Kier alpha value is -4.46. The Morgan fingerprint density at radius 2 is 1.80 bits per heavy atom. The van der Waals surface area contributed by atoms with E-state index < -0.39 is 0 Å². The number of aromatic hydroxyl groups is 1. The van der Waals surface area contributed by atoms with Crippen LogP contribution < -0.4 is 10.2 Å². The van der Waals surface area contributed by atoms with Crippen LogP contribution in [0.25, 0.3) is 16.4 Å². The van der Waals surface area contributed by atoms with Gasteiger partial charge in [0.1, 0.15) is 17.4 Å². The number of hydrogen-bond donors (Lipinski definition) is 2. The van der Waals surface area contributed by atoms with Crippen LogP contribution in [0.4, 0.5) is 10.2 Å². The lowest BCUT2D eigenvalue weighted by molar-refractivity contribution is 0.0938. The van der Waals surface area contributed by atoms with Crippen molar-refractivity contribution in [3.8, 4) is 5.75 Å². The van der Waals surface area contributed by atoms with Crippen LogP contribution in [-0.2, 0) is 0 Å². The molecule has 0 radical (unpaired) electrons. The summed E-state index contributed by atoms with van der Waals surface area (Å²) in [7, 11) is 0. The van der Waals surface area contributed by atoms with Crippen LogP contribution >= 0.6 is 0 Å². The molecule has 0 saturated carbocycles. The van der Waals surface area contributed by atoms with Crippen LogP contribution in [0.2, 0.25) is 0 Å². The number of halogens is 1. The van der Waals surface area contributed by atoms with Gasteiger partial charge in [-0.1, -0.05) is 48.5 Å². The topological polar surface area (TPSA) is 82.8 Å². The van der Waals surface area contributed by atoms with Gasteiger partial charge in [-0.25, -0.2) is 13.9 Å². The highest BCUT2D eigenvalue weighted by atomic mass is 19.1. The molecule has 1 aliphatic rings. The first kappa shape index (κ1) is 22.3. The SMILES string of the molecule is Fc1ccccc1.O=C(N[C@H]1CCN(c2ccc3nccn3n2)C1)c1ccc2ccccc2c1O. The van der Waals surface area contributed by atoms with E-state index in [0.29, 0.717) is 17.5 Å². The van der Waals surface area contributed by atoms with Crippen molar-refractivity contribution in [1.29, 1.82) is 0 Å². The maximum Gasteiger partial charge on any atom is 0.255 e. The summed E-state index contributed by atoms with van der Waals surface area (Å²) in [6, 6.07) is 22.8. The first-order valence-electron chi connectivity index (χ1n) is 11.4. The van der Waals surface area contributed by atoms with Crippen molar-refractivity contribution < 1.29 is 14.3 Å². The number of aromatic nitrogens is 3. The molecule has 7 nitrogen and oxygen atoms in total. The Morgan fingerprint density at radius 1 is 1.00 bits per heavy atom. The van der Waals surface area contributed by atoms with E-state index in [1.165, 1.54) is 12.1 Å². The Balaban J connectivity index is 0.000000313. The first-order valence-corrected chi connectivity index (χ1v) is 11.4. The quantitative estimate of drug-likeness (QED) is 0.409. The number of carbonyl (C=O) groups excluding carboxylic acids is 1. The van der Waals surface area contributed by atoms with Crippen molar-refractivity contribution in [2.24, 2.45) is 0 Å². The van der Waals surface area contributed by atoms with E-state index in [1.54, 1.807) is 35.0 Å². The lowest BCUT2D eigenvalue weighted by atomic mass is 10.0. The summed E-state index contributed by atoms with van der Waals surface area (Å²) >= 11 is 0. The number of hydrogen-bond acceptors (Lipinski definition) is 5. The Labute approximate surface area is 201 Å². The predicted octanol–water partition coefficient (Wildman–Crippen LogP) is 4.42. The summed E-state index contributed by atoms with van der Waals surface area (Å²) in [6.45, 7) is 1.48. The molecule has 6 rings (SSSR count). The van der Waals surface area contributed by atoms with Gasteiger partial charge in [-0.15, -0.1) is 5.10 Å². The van der Waals surface area contributed by atoms with Gasteiger partial charge in [-0.05, 0) is 42.1 Å². The number of nitrogens with one attached hydrogen (secondary N) is 1. The van der Waals surface area contributed by atoms with Gasteiger partial charge in [0.25, 0.3) is 5.91 Å². The maximum atomic E-state index is 12.7.